The second-order valence-electron chi connectivity index (χ2n) is 4.76. The summed E-state index contributed by atoms with van der Waals surface area (Å²) >= 11 is 0. The Hall–Kier alpha value is -2.33. The Morgan fingerprint density at radius 1 is 1.05 bits per heavy atom. The Labute approximate surface area is 119 Å². The number of amides is 1. The molecular weight excluding hydrogens is 252 g/mol. The van der Waals surface area contributed by atoms with Crippen LogP contribution in [-0.4, -0.2) is 25.1 Å². The van der Waals surface area contributed by atoms with Crippen molar-refractivity contribution in [1.29, 1.82) is 0 Å². The number of carbonyl (C=O) groups is 1. The minimum atomic E-state index is -0.489. The molecule has 1 N–H and O–H groups in total. The van der Waals surface area contributed by atoms with E-state index < -0.39 is 6.09 Å². The van der Waals surface area contributed by atoms with Crippen molar-refractivity contribution in [1.82, 2.24) is 4.90 Å². The van der Waals surface area contributed by atoms with Crippen LogP contribution in [0.25, 0.3) is 0 Å². The molecule has 104 valence electrons. The number of ether oxygens (including phenoxy) is 1. The minimum absolute atomic E-state index is 0.489. The summed E-state index contributed by atoms with van der Waals surface area (Å²) in [5.41, 5.74) is 1.91. The number of para-hydroxylation sites is 1. The first kappa shape index (κ1) is 14.1. The molecule has 0 atom stereocenters. The van der Waals surface area contributed by atoms with Crippen LogP contribution in [0, 0.1) is 0 Å². The van der Waals surface area contributed by atoms with E-state index in [1.165, 1.54) is 5.56 Å². The highest BCUT2D eigenvalue weighted by Gasteiger charge is 2.04. The summed E-state index contributed by atoms with van der Waals surface area (Å²) in [5, 5.41) is 2.70. The maximum atomic E-state index is 11.7. The topological polar surface area (TPSA) is 41.6 Å². The van der Waals surface area contributed by atoms with Crippen molar-refractivity contribution in [3.05, 3.63) is 60.2 Å². The van der Waals surface area contributed by atoms with E-state index in [1.54, 1.807) is 12.1 Å². The van der Waals surface area contributed by atoms with Gasteiger partial charge in [0.25, 0.3) is 0 Å². The molecule has 0 unspecified atom stereocenters. The third-order valence-corrected chi connectivity index (χ3v) is 2.65. The molecule has 2 aromatic rings. The predicted octanol–water partition coefficient (Wildman–Crippen LogP) is 3.36. The highest BCUT2D eigenvalue weighted by molar-refractivity contribution is 5.86. The highest BCUT2D eigenvalue weighted by Crippen LogP contribution is 2.13. The number of nitrogens with one attached hydrogen (secondary N) is 1. The molecule has 0 spiro atoms. The fourth-order valence-corrected chi connectivity index (χ4v) is 1.80. The number of nitrogens with zero attached hydrogens (tertiary/aromatic N) is 1. The molecule has 0 radical (unpaired) electrons. The van der Waals surface area contributed by atoms with E-state index in [0.717, 1.165) is 6.54 Å². The van der Waals surface area contributed by atoms with Crippen molar-refractivity contribution < 1.29 is 9.53 Å². The Kier molecular flexibility index (Phi) is 4.74. The van der Waals surface area contributed by atoms with Gasteiger partial charge in [-0.05, 0) is 43.9 Å². The van der Waals surface area contributed by atoms with Gasteiger partial charge in [0.15, 0.2) is 0 Å². The summed E-state index contributed by atoms with van der Waals surface area (Å²) in [6.45, 7) is 0.870. The average molecular weight is 270 g/mol. The van der Waals surface area contributed by atoms with E-state index in [4.69, 9.17) is 4.74 Å². The first-order chi connectivity index (χ1) is 9.63. The van der Waals surface area contributed by atoms with Gasteiger partial charge in [-0.2, -0.15) is 0 Å². The summed E-state index contributed by atoms with van der Waals surface area (Å²) in [6.07, 6.45) is -0.489. The van der Waals surface area contributed by atoms with E-state index in [1.807, 2.05) is 56.6 Å². The maximum absolute atomic E-state index is 11.7. The molecule has 0 saturated carbocycles. The minimum Gasteiger partial charge on any atom is -0.410 e. The van der Waals surface area contributed by atoms with E-state index in [9.17, 15) is 4.79 Å². The maximum Gasteiger partial charge on any atom is 0.417 e. The zero-order valence-corrected chi connectivity index (χ0v) is 11.7. The second-order valence-corrected chi connectivity index (χ2v) is 4.76. The molecule has 0 heterocycles. The van der Waals surface area contributed by atoms with Gasteiger partial charge in [-0.3, -0.25) is 5.32 Å². The molecule has 0 aliphatic carbocycles. The van der Waals surface area contributed by atoms with Crippen molar-refractivity contribution in [2.45, 2.75) is 6.54 Å². The van der Waals surface area contributed by atoms with Gasteiger partial charge in [-0.1, -0.05) is 30.3 Å². The molecule has 0 saturated heterocycles. The number of anilines is 1. The summed E-state index contributed by atoms with van der Waals surface area (Å²) in [7, 11) is 4.03. The largest absolute Gasteiger partial charge is 0.417 e. The molecule has 0 aromatic heterocycles. The summed E-state index contributed by atoms with van der Waals surface area (Å²) in [4.78, 5) is 13.8. The lowest BCUT2D eigenvalue weighted by molar-refractivity contribution is 0.215. The Bertz CT molecular complexity index is 550. The smallest absolute Gasteiger partial charge is 0.410 e. The molecule has 0 bridgehead atoms. The highest BCUT2D eigenvalue weighted by atomic mass is 16.6. The molecule has 4 nitrogen and oxygen atoms in total. The van der Waals surface area contributed by atoms with Crippen LogP contribution in [-0.2, 0) is 6.54 Å². The van der Waals surface area contributed by atoms with Crippen LogP contribution in [0.3, 0.4) is 0 Å². The molecule has 4 heteroatoms. The fourth-order valence-electron chi connectivity index (χ4n) is 1.80. The van der Waals surface area contributed by atoms with Gasteiger partial charge in [0, 0.05) is 12.2 Å². The van der Waals surface area contributed by atoms with Gasteiger partial charge in [-0.15, -0.1) is 0 Å². The number of rotatable bonds is 4. The number of hydrogen-bond acceptors (Lipinski definition) is 3. The van der Waals surface area contributed by atoms with Gasteiger partial charge in [0.1, 0.15) is 5.75 Å². The third kappa shape index (κ3) is 4.40. The van der Waals surface area contributed by atoms with Crippen molar-refractivity contribution in [2.24, 2.45) is 0 Å². The van der Waals surface area contributed by atoms with Gasteiger partial charge >= 0.3 is 6.09 Å². The monoisotopic (exact) mass is 270 g/mol. The zero-order valence-electron chi connectivity index (χ0n) is 11.7. The van der Waals surface area contributed by atoms with Crippen LogP contribution < -0.4 is 10.1 Å². The summed E-state index contributed by atoms with van der Waals surface area (Å²) in [6, 6.07) is 16.7. The standard InChI is InChI=1S/C16H18N2O2/c1-18(2)12-13-8-10-14(11-9-13)17-16(19)20-15-6-4-3-5-7-15/h3-11H,12H2,1-2H3,(H,17,19). The molecule has 2 rings (SSSR count). The lowest BCUT2D eigenvalue weighted by Gasteiger charge is -2.10. The Morgan fingerprint density at radius 3 is 2.30 bits per heavy atom. The Morgan fingerprint density at radius 2 is 1.70 bits per heavy atom. The molecule has 1 amide bonds. The lowest BCUT2D eigenvalue weighted by Crippen LogP contribution is -2.16. The van der Waals surface area contributed by atoms with Gasteiger partial charge in [0.2, 0.25) is 0 Å². The van der Waals surface area contributed by atoms with E-state index in [2.05, 4.69) is 10.2 Å². The molecule has 2 aromatic carbocycles. The first-order valence-electron chi connectivity index (χ1n) is 6.41. The fraction of sp³-hybridized carbons (Fsp3) is 0.188. The number of carbonyl (C=O) groups excluding carboxylic acids is 1. The van der Waals surface area contributed by atoms with E-state index in [-0.39, 0.29) is 0 Å². The van der Waals surface area contributed by atoms with Crippen LogP contribution >= 0.6 is 0 Å². The molecular formula is C16H18N2O2. The molecule has 0 aliphatic heterocycles. The van der Waals surface area contributed by atoms with Crippen molar-refractivity contribution in [3.8, 4) is 5.75 Å². The summed E-state index contributed by atoms with van der Waals surface area (Å²) < 4.78 is 5.15. The van der Waals surface area contributed by atoms with E-state index in [0.29, 0.717) is 11.4 Å². The Balaban J connectivity index is 1.91. The predicted molar refractivity (Wildman–Crippen MR) is 79.9 cm³/mol. The van der Waals surface area contributed by atoms with Gasteiger partial charge in [-0.25, -0.2) is 4.79 Å². The quantitative estimate of drug-likeness (QED) is 0.926. The van der Waals surface area contributed by atoms with E-state index >= 15 is 0 Å². The van der Waals surface area contributed by atoms with Crippen molar-refractivity contribution >= 4 is 11.8 Å². The second kappa shape index (κ2) is 6.73. The van der Waals surface area contributed by atoms with Crippen LogP contribution in [0.15, 0.2) is 54.6 Å². The molecule has 20 heavy (non-hydrogen) atoms. The lowest BCUT2D eigenvalue weighted by atomic mass is 10.2. The van der Waals surface area contributed by atoms with Crippen molar-refractivity contribution in [3.63, 3.8) is 0 Å². The van der Waals surface area contributed by atoms with Crippen LogP contribution in [0.4, 0.5) is 10.5 Å². The van der Waals surface area contributed by atoms with Crippen LogP contribution in [0.1, 0.15) is 5.56 Å². The number of benzene rings is 2. The van der Waals surface area contributed by atoms with Gasteiger partial charge < -0.3 is 9.64 Å². The summed E-state index contributed by atoms with van der Waals surface area (Å²) in [5.74, 6) is 0.522. The number of hydrogen-bond donors (Lipinski definition) is 1. The van der Waals surface area contributed by atoms with Crippen LogP contribution in [0.2, 0.25) is 0 Å². The van der Waals surface area contributed by atoms with Gasteiger partial charge in [0.05, 0.1) is 0 Å². The SMILES string of the molecule is CN(C)Cc1ccc(NC(=O)Oc2ccccc2)cc1. The third-order valence-electron chi connectivity index (χ3n) is 2.65. The first-order valence-corrected chi connectivity index (χ1v) is 6.41. The molecule has 0 fully saturated rings. The van der Waals surface area contributed by atoms with Crippen molar-refractivity contribution in [2.75, 3.05) is 19.4 Å². The average Bonchev–Trinajstić information content (AvgIpc) is 2.41. The van der Waals surface area contributed by atoms with Crippen LogP contribution in [0.5, 0.6) is 5.75 Å². The zero-order chi connectivity index (χ0) is 14.4. The normalized spacial score (nSPS) is 10.3. The molecule has 0 aliphatic rings.